The van der Waals surface area contributed by atoms with E-state index in [1.807, 2.05) is 6.07 Å². The van der Waals surface area contributed by atoms with E-state index >= 15 is 0 Å². The summed E-state index contributed by atoms with van der Waals surface area (Å²) in [6.45, 7) is 0. The van der Waals surface area contributed by atoms with E-state index in [0.29, 0.717) is 8.95 Å². The van der Waals surface area contributed by atoms with Crippen molar-refractivity contribution in [3.05, 3.63) is 39.2 Å². The minimum absolute atomic E-state index is 0.285. The predicted molar refractivity (Wildman–Crippen MR) is 57.1 cm³/mol. The Balaban J connectivity index is 2.97. The second-order valence-corrected chi connectivity index (χ2v) is 4.20. The number of halogens is 3. The van der Waals surface area contributed by atoms with Gasteiger partial charge in [0.25, 0.3) is 0 Å². The quantitative estimate of drug-likeness (QED) is 0.673. The van der Waals surface area contributed by atoms with Crippen LogP contribution in [0.25, 0.3) is 10.9 Å². The van der Waals surface area contributed by atoms with Crippen LogP contribution in [0.4, 0.5) is 4.39 Å². The summed E-state index contributed by atoms with van der Waals surface area (Å²) in [7, 11) is 0. The molecule has 1 heterocycles. The Hall–Kier alpha value is -0.480. The fourth-order valence-corrected chi connectivity index (χ4v) is 2.10. The van der Waals surface area contributed by atoms with Gasteiger partial charge in [-0.15, -0.1) is 0 Å². The van der Waals surface area contributed by atoms with Crippen molar-refractivity contribution in [3.63, 3.8) is 0 Å². The molecule has 0 aliphatic heterocycles. The van der Waals surface area contributed by atoms with E-state index in [-0.39, 0.29) is 5.82 Å². The number of aromatic nitrogens is 1. The van der Waals surface area contributed by atoms with Crippen LogP contribution in [0.5, 0.6) is 0 Å². The first kappa shape index (κ1) is 9.09. The Morgan fingerprint density at radius 1 is 1.31 bits per heavy atom. The molecular weight excluding hydrogens is 301 g/mol. The van der Waals surface area contributed by atoms with E-state index in [2.05, 4.69) is 36.8 Å². The van der Waals surface area contributed by atoms with Crippen LogP contribution in [0.3, 0.4) is 0 Å². The Kier molecular flexibility index (Phi) is 2.34. The third-order valence-corrected chi connectivity index (χ3v) is 3.14. The van der Waals surface area contributed by atoms with Crippen LogP contribution >= 0.6 is 31.9 Å². The summed E-state index contributed by atoms with van der Waals surface area (Å²) in [6.07, 6.45) is 1.68. The molecule has 0 bridgehead atoms. The molecule has 0 fully saturated rings. The smallest absolute Gasteiger partial charge is 0.139 e. The monoisotopic (exact) mass is 303 g/mol. The standard InChI is InChI=1S/C9H4Br2FN/c10-6-4-7(12)8(11)5-2-1-3-13-9(5)6/h1-4H. The van der Waals surface area contributed by atoms with E-state index < -0.39 is 0 Å². The molecule has 0 unspecified atom stereocenters. The highest BCUT2D eigenvalue weighted by atomic mass is 79.9. The molecule has 1 aromatic carbocycles. The van der Waals surface area contributed by atoms with Crippen LogP contribution in [-0.2, 0) is 0 Å². The SMILES string of the molecule is Fc1cc(Br)c2ncccc2c1Br. The highest BCUT2D eigenvalue weighted by Crippen LogP contribution is 2.30. The molecule has 13 heavy (non-hydrogen) atoms. The maximum atomic E-state index is 13.2. The zero-order chi connectivity index (χ0) is 9.42. The van der Waals surface area contributed by atoms with Crippen molar-refractivity contribution in [2.24, 2.45) is 0 Å². The second-order valence-electron chi connectivity index (χ2n) is 2.55. The molecule has 0 aliphatic carbocycles. The van der Waals surface area contributed by atoms with Crippen molar-refractivity contribution >= 4 is 42.8 Å². The van der Waals surface area contributed by atoms with E-state index in [1.54, 1.807) is 12.3 Å². The van der Waals surface area contributed by atoms with Gasteiger partial charge in [-0.3, -0.25) is 4.98 Å². The van der Waals surface area contributed by atoms with Gasteiger partial charge in [-0.2, -0.15) is 0 Å². The molecule has 0 atom stereocenters. The zero-order valence-corrected chi connectivity index (χ0v) is 9.56. The summed E-state index contributed by atoms with van der Waals surface area (Å²) in [6, 6.07) is 5.00. The average molecular weight is 305 g/mol. The van der Waals surface area contributed by atoms with Crippen molar-refractivity contribution in [1.29, 1.82) is 0 Å². The van der Waals surface area contributed by atoms with Gasteiger partial charge in [-0.05, 0) is 50.1 Å². The lowest BCUT2D eigenvalue weighted by Gasteiger charge is -2.02. The minimum atomic E-state index is -0.285. The zero-order valence-electron chi connectivity index (χ0n) is 6.39. The largest absolute Gasteiger partial charge is 0.255 e. The van der Waals surface area contributed by atoms with Crippen molar-refractivity contribution in [3.8, 4) is 0 Å². The molecule has 2 rings (SSSR count). The first-order chi connectivity index (χ1) is 6.20. The summed E-state index contributed by atoms with van der Waals surface area (Å²) in [5.74, 6) is -0.285. The van der Waals surface area contributed by atoms with E-state index in [9.17, 15) is 4.39 Å². The predicted octanol–water partition coefficient (Wildman–Crippen LogP) is 3.90. The summed E-state index contributed by atoms with van der Waals surface area (Å²) < 4.78 is 14.3. The fourth-order valence-electron chi connectivity index (χ4n) is 1.14. The van der Waals surface area contributed by atoms with Gasteiger partial charge >= 0.3 is 0 Å². The molecule has 0 N–H and O–H groups in total. The lowest BCUT2D eigenvalue weighted by Crippen LogP contribution is -1.85. The number of rotatable bonds is 0. The minimum Gasteiger partial charge on any atom is -0.255 e. The van der Waals surface area contributed by atoms with Gasteiger partial charge in [0.05, 0.1) is 9.99 Å². The molecule has 1 aromatic heterocycles. The number of hydrogen-bond acceptors (Lipinski definition) is 1. The number of hydrogen-bond donors (Lipinski definition) is 0. The van der Waals surface area contributed by atoms with Crippen molar-refractivity contribution in [2.75, 3.05) is 0 Å². The fraction of sp³-hybridized carbons (Fsp3) is 0. The molecule has 0 radical (unpaired) electrons. The van der Waals surface area contributed by atoms with Gasteiger partial charge in [0.15, 0.2) is 0 Å². The van der Waals surface area contributed by atoms with Crippen LogP contribution in [0.2, 0.25) is 0 Å². The Morgan fingerprint density at radius 2 is 2.08 bits per heavy atom. The molecule has 2 aromatic rings. The first-order valence-corrected chi connectivity index (χ1v) is 5.17. The summed E-state index contributed by atoms with van der Waals surface area (Å²) in [5.41, 5.74) is 0.760. The Labute approximate surface area is 91.2 Å². The molecule has 0 spiro atoms. The maximum absolute atomic E-state index is 13.2. The molecule has 66 valence electrons. The van der Waals surface area contributed by atoms with E-state index in [4.69, 9.17) is 0 Å². The first-order valence-electron chi connectivity index (χ1n) is 3.58. The van der Waals surface area contributed by atoms with Crippen LogP contribution in [0.1, 0.15) is 0 Å². The molecular formula is C9H4Br2FN. The van der Waals surface area contributed by atoms with Gasteiger partial charge < -0.3 is 0 Å². The lowest BCUT2D eigenvalue weighted by molar-refractivity contribution is 0.622. The summed E-state index contributed by atoms with van der Waals surface area (Å²) in [5, 5.41) is 0.773. The normalized spacial score (nSPS) is 10.7. The second kappa shape index (κ2) is 3.35. The molecule has 4 heteroatoms. The number of nitrogens with zero attached hydrogens (tertiary/aromatic N) is 1. The molecule has 1 nitrogen and oxygen atoms in total. The number of fused-ring (bicyclic) bond motifs is 1. The van der Waals surface area contributed by atoms with Crippen molar-refractivity contribution < 1.29 is 4.39 Å². The third-order valence-electron chi connectivity index (χ3n) is 1.73. The molecule has 0 aliphatic rings. The summed E-state index contributed by atoms with van der Waals surface area (Å²) in [4.78, 5) is 4.14. The van der Waals surface area contributed by atoms with Crippen LogP contribution < -0.4 is 0 Å². The highest BCUT2D eigenvalue weighted by molar-refractivity contribution is 9.11. The van der Waals surface area contributed by atoms with Gasteiger partial charge in [0, 0.05) is 16.1 Å². The van der Waals surface area contributed by atoms with E-state index in [0.717, 1.165) is 10.9 Å². The molecule has 0 saturated carbocycles. The lowest BCUT2D eigenvalue weighted by atomic mass is 10.2. The van der Waals surface area contributed by atoms with Gasteiger partial charge in [-0.25, -0.2) is 4.39 Å². The Bertz CT molecular complexity index is 470. The molecule has 0 saturated heterocycles. The Morgan fingerprint density at radius 3 is 2.85 bits per heavy atom. The van der Waals surface area contributed by atoms with E-state index in [1.165, 1.54) is 6.07 Å². The van der Waals surface area contributed by atoms with Crippen LogP contribution in [0.15, 0.2) is 33.3 Å². The van der Waals surface area contributed by atoms with Crippen molar-refractivity contribution in [1.82, 2.24) is 4.98 Å². The van der Waals surface area contributed by atoms with Crippen LogP contribution in [0, 0.1) is 5.82 Å². The number of pyridine rings is 1. The average Bonchev–Trinajstić information content (AvgIpc) is 2.15. The molecule has 0 amide bonds. The topological polar surface area (TPSA) is 12.9 Å². The number of benzene rings is 1. The van der Waals surface area contributed by atoms with Gasteiger partial charge in [0.1, 0.15) is 5.82 Å². The highest BCUT2D eigenvalue weighted by Gasteiger charge is 2.08. The van der Waals surface area contributed by atoms with Crippen LogP contribution in [-0.4, -0.2) is 4.98 Å². The third kappa shape index (κ3) is 1.48. The van der Waals surface area contributed by atoms with Gasteiger partial charge in [0.2, 0.25) is 0 Å². The maximum Gasteiger partial charge on any atom is 0.139 e. The summed E-state index contributed by atoms with van der Waals surface area (Å²) >= 11 is 6.44. The van der Waals surface area contributed by atoms with Gasteiger partial charge in [-0.1, -0.05) is 0 Å². The van der Waals surface area contributed by atoms with Crippen molar-refractivity contribution in [2.45, 2.75) is 0 Å².